The van der Waals surface area contributed by atoms with Crippen molar-refractivity contribution in [2.75, 3.05) is 6.61 Å². The lowest BCUT2D eigenvalue weighted by Gasteiger charge is -2.21. The molecule has 102 valence electrons. The molecule has 0 fully saturated rings. The van der Waals surface area contributed by atoms with E-state index in [2.05, 4.69) is 17.2 Å². The standard InChI is InChI=1S/C16H21NO2/c1-4-16(2,3)15(19)17-12-14-8-5-7-13(11-14)9-6-10-18/h5,7-8,11,18H,4,10,12H2,1-3H3,(H,17,19). The van der Waals surface area contributed by atoms with Crippen LogP contribution in [0.1, 0.15) is 38.3 Å². The van der Waals surface area contributed by atoms with Gasteiger partial charge in [0.25, 0.3) is 0 Å². The Hall–Kier alpha value is -1.79. The van der Waals surface area contributed by atoms with E-state index in [1.54, 1.807) is 0 Å². The Bertz CT molecular complexity index is 495. The number of hydrogen-bond donors (Lipinski definition) is 2. The summed E-state index contributed by atoms with van der Waals surface area (Å²) in [7, 11) is 0. The van der Waals surface area contributed by atoms with Crippen LogP contribution in [0.25, 0.3) is 0 Å². The lowest BCUT2D eigenvalue weighted by Crippen LogP contribution is -2.35. The van der Waals surface area contributed by atoms with Crippen molar-refractivity contribution < 1.29 is 9.90 Å². The van der Waals surface area contributed by atoms with Gasteiger partial charge in [0.1, 0.15) is 6.61 Å². The average molecular weight is 259 g/mol. The molecule has 0 unspecified atom stereocenters. The largest absolute Gasteiger partial charge is 0.384 e. The molecule has 1 rings (SSSR count). The lowest BCUT2D eigenvalue weighted by molar-refractivity contribution is -0.129. The molecule has 1 amide bonds. The van der Waals surface area contributed by atoms with Gasteiger partial charge in [-0.05, 0) is 24.1 Å². The number of nitrogens with one attached hydrogen (secondary N) is 1. The van der Waals surface area contributed by atoms with E-state index in [1.165, 1.54) is 0 Å². The van der Waals surface area contributed by atoms with Crippen molar-refractivity contribution in [2.24, 2.45) is 5.41 Å². The second kappa shape index (κ2) is 6.96. The fourth-order valence-corrected chi connectivity index (χ4v) is 1.48. The van der Waals surface area contributed by atoms with Crippen LogP contribution in [0.4, 0.5) is 0 Å². The minimum Gasteiger partial charge on any atom is -0.384 e. The average Bonchev–Trinajstić information content (AvgIpc) is 2.42. The molecule has 0 heterocycles. The number of hydrogen-bond acceptors (Lipinski definition) is 2. The summed E-state index contributed by atoms with van der Waals surface area (Å²) in [5, 5.41) is 11.6. The summed E-state index contributed by atoms with van der Waals surface area (Å²) in [5.41, 5.74) is 1.51. The van der Waals surface area contributed by atoms with Crippen LogP contribution in [0.3, 0.4) is 0 Å². The second-order valence-corrected chi connectivity index (χ2v) is 5.08. The Kier molecular flexibility index (Phi) is 5.59. The van der Waals surface area contributed by atoms with Crippen molar-refractivity contribution in [3.63, 3.8) is 0 Å². The Morgan fingerprint density at radius 2 is 2.16 bits per heavy atom. The second-order valence-electron chi connectivity index (χ2n) is 5.08. The summed E-state index contributed by atoms with van der Waals surface area (Å²) in [6.07, 6.45) is 0.806. The van der Waals surface area contributed by atoms with Crippen LogP contribution in [0.5, 0.6) is 0 Å². The van der Waals surface area contributed by atoms with E-state index < -0.39 is 0 Å². The fraction of sp³-hybridized carbons (Fsp3) is 0.438. The fourth-order valence-electron chi connectivity index (χ4n) is 1.48. The number of carbonyl (C=O) groups is 1. The van der Waals surface area contributed by atoms with Gasteiger partial charge in [-0.25, -0.2) is 0 Å². The summed E-state index contributed by atoms with van der Waals surface area (Å²) < 4.78 is 0. The molecule has 3 nitrogen and oxygen atoms in total. The normalized spacial score (nSPS) is 10.5. The first kappa shape index (κ1) is 15.3. The Morgan fingerprint density at radius 1 is 1.42 bits per heavy atom. The third-order valence-corrected chi connectivity index (χ3v) is 3.19. The van der Waals surface area contributed by atoms with Crippen LogP contribution in [-0.4, -0.2) is 17.6 Å². The van der Waals surface area contributed by atoms with Crippen molar-refractivity contribution in [1.82, 2.24) is 5.32 Å². The van der Waals surface area contributed by atoms with Gasteiger partial charge in [0.15, 0.2) is 0 Å². The van der Waals surface area contributed by atoms with Crippen molar-refractivity contribution in [1.29, 1.82) is 0 Å². The van der Waals surface area contributed by atoms with Gasteiger partial charge < -0.3 is 10.4 Å². The predicted octanol–water partition coefficient (Wildman–Crippen LogP) is 2.08. The Labute approximate surface area is 115 Å². The number of amides is 1. The SMILES string of the molecule is CCC(C)(C)C(=O)NCc1cccc(C#CCO)c1. The van der Waals surface area contributed by atoms with Crippen molar-refractivity contribution in [3.8, 4) is 11.8 Å². The molecule has 0 aliphatic rings. The topological polar surface area (TPSA) is 49.3 Å². The smallest absolute Gasteiger partial charge is 0.225 e. The maximum Gasteiger partial charge on any atom is 0.225 e. The van der Waals surface area contributed by atoms with E-state index in [-0.39, 0.29) is 17.9 Å². The number of carbonyl (C=O) groups excluding carboxylic acids is 1. The zero-order valence-corrected chi connectivity index (χ0v) is 11.8. The minimum absolute atomic E-state index is 0.0573. The Balaban J connectivity index is 2.66. The van der Waals surface area contributed by atoms with Gasteiger partial charge in [-0.2, -0.15) is 0 Å². The molecule has 3 heteroatoms. The highest BCUT2D eigenvalue weighted by molar-refractivity contribution is 5.81. The van der Waals surface area contributed by atoms with Crippen LogP contribution in [0.2, 0.25) is 0 Å². The van der Waals surface area contributed by atoms with E-state index in [4.69, 9.17) is 5.11 Å². The molecule has 0 atom stereocenters. The van der Waals surface area contributed by atoms with Gasteiger partial charge in [0.05, 0.1) is 0 Å². The zero-order chi connectivity index (χ0) is 14.3. The first-order valence-electron chi connectivity index (χ1n) is 6.46. The number of rotatable bonds is 4. The molecule has 19 heavy (non-hydrogen) atoms. The van der Waals surface area contributed by atoms with Gasteiger partial charge in [0.2, 0.25) is 5.91 Å². The molecule has 0 aromatic heterocycles. The molecule has 0 aliphatic carbocycles. The molecule has 0 radical (unpaired) electrons. The molecule has 0 spiro atoms. The summed E-state index contributed by atoms with van der Waals surface area (Å²) in [6, 6.07) is 7.64. The quantitative estimate of drug-likeness (QED) is 0.813. The highest BCUT2D eigenvalue weighted by Crippen LogP contribution is 2.19. The van der Waals surface area contributed by atoms with E-state index >= 15 is 0 Å². The highest BCUT2D eigenvalue weighted by atomic mass is 16.2. The van der Waals surface area contributed by atoms with Crippen LogP contribution in [0.15, 0.2) is 24.3 Å². The molecular weight excluding hydrogens is 238 g/mol. The maximum absolute atomic E-state index is 12.0. The van der Waals surface area contributed by atoms with Crippen LogP contribution in [-0.2, 0) is 11.3 Å². The molecule has 0 aliphatic heterocycles. The third kappa shape index (κ3) is 4.76. The molecular formula is C16H21NO2. The van der Waals surface area contributed by atoms with Crippen LogP contribution < -0.4 is 5.32 Å². The summed E-state index contributed by atoms with van der Waals surface area (Å²) in [6.45, 7) is 6.23. The van der Waals surface area contributed by atoms with Crippen LogP contribution in [0, 0.1) is 17.3 Å². The number of aliphatic hydroxyl groups is 1. The maximum atomic E-state index is 12.0. The predicted molar refractivity (Wildman–Crippen MR) is 76.3 cm³/mol. The van der Waals surface area contributed by atoms with Gasteiger partial charge in [-0.15, -0.1) is 0 Å². The van der Waals surface area contributed by atoms with Crippen molar-refractivity contribution >= 4 is 5.91 Å². The van der Waals surface area contributed by atoms with Gasteiger partial charge >= 0.3 is 0 Å². The summed E-state index contributed by atoms with van der Waals surface area (Å²) in [4.78, 5) is 12.0. The van der Waals surface area contributed by atoms with E-state index in [9.17, 15) is 4.79 Å². The van der Waals surface area contributed by atoms with E-state index in [0.717, 1.165) is 17.5 Å². The lowest BCUT2D eigenvalue weighted by atomic mass is 9.89. The van der Waals surface area contributed by atoms with Crippen LogP contribution >= 0.6 is 0 Å². The monoisotopic (exact) mass is 259 g/mol. The van der Waals surface area contributed by atoms with Gasteiger partial charge in [0, 0.05) is 17.5 Å². The summed E-state index contributed by atoms with van der Waals surface area (Å²) >= 11 is 0. The zero-order valence-electron chi connectivity index (χ0n) is 11.8. The third-order valence-electron chi connectivity index (χ3n) is 3.19. The van der Waals surface area contributed by atoms with E-state index in [0.29, 0.717) is 6.54 Å². The number of benzene rings is 1. The number of aliphatic hydroxyl groups excluding tert-OH is 1. The Morgan fingerprint density at radius 3 is 2.79 bits per heavy atom. The van der Waals surface area contributed by atoms with Gasteiger partial charge in [-0.3, -0.25) is 4.79 Å². The highest BCUT2D eigenvalue weighted by Gasteiger charge is 2.24. The molecule has 0 saturated heterocycles. The molecule has 1 aromatic carbocycles. The minimum atomic E-state index is -0.339. The van der Waals surface area contributed by atoms with Gasteiger partial charge in [-0.1, -0.05) is 44.7 Å². The molecule has 2 N–H and O–H groups in total. The molecule has 0 saturated carbocycles. The molecule has 1 aromatic rings. The first-order chi connectivity index (χ1) is 8.99. The van der Waals surface area contributed by atoms with Crippen molar-refractivity contribution in [3.05, 3.63) is 35.4 Å². The summed E-state index contributed by atoms with van der Waals surface area (Å²) in [5.74, 6) is 5.52. The van der Waals surface area contributed by atoms with E-state index in [1.807, 2.05) is 45.0 Å². The first-order valence-corrected chi connectivity index (χ1v) is 6.46. The van der Waals surface area contributed by atoms with Crippen molar-refractivity contribution in [2.45, 2.75) is 33.7 Å². The molecule has 0 bridgehead atoms.